The predicted molar refractivity (Wildman–Crippen MR) is 46.3 cm³/mol. The molecule has 3 nitrogen and oxygen atoms in total. The van der Waals surface area contributed by atoms with Crippen molar-refractivity contribution < 1.29 is 4.79 Å². The number of rotatable bonds is 1. The summed E-state index contributed by atoms with van der Waals surface area (Å²) in [4.78, 5) is 10.9. The third kappa shape index (κ3) is 1.81. The van der Waals surface area contributed by atoms with Crippen molar-refractivity contribution in [3.8, 4) is 0 Å². The zero-order valence-electron chi connectivity index (χ0n) is 6.29. The van der Waals surface area contributed by atoms with Gasteiger partial charge in [-0.2, -0.15) is 0 Å². The highest BCUT2D eigenvalue weighted by molar-refractivity contribution is 6.32. The second-order valence-corrected chi connectivity index (χ2v) is 2.34. The van der Waals surface area contributed by atoms with Gasteiger partial charge in [0.05, 0.1) is 0 Å². The van der Waals surface area contributed by atoms with Crippen LogP contribution in [0, 0.1) is 0 Å². The van der Waals surface area contributed by atoms with Gasteiger partial charge in [0.2, 0.25) is 0 Å². The van der Waals surface area contributed by atoms with E-state index in [0.29, 0.717) is 5.56 Å². The van der Waals surface area contributed by atoms with Gasteiger partial charge < -0.3 is 0 Å². The summed E-state index contributed by atoms with van der Waals surface area (Å²) in [5, 5.41) is 0. The molecule has 1 aromatic carbocycles. The molecule has 0 saturated carbocycles. The van der Waals surface area contributed by atoms with Gasteiger partial charge in [0.25, 0.3) is 5.91 Å². The van der Waals surface area contributed by atoms with E-state index in [1.807, 2.05) is 20.0 Å². The lowest BCUT2D eigenvalue weighted by atomic mass is 9.95. The predicted octanol–water partition coefficient (Wildman–Crippen LogP) is -1.45. The topological polar surface area (TPSA) is 55.1 Å². The zero-order chi connectivity index (χ0) is 8.27. The fraction of sp³-hybridized carbons (Fsp3) is 0. The quantitative estimate of drug-likeness (QED) is 0.221. The fourth-order valence-corrected chi connectivity index (χ4v) is 0.788. The van der Waals surface area contributed by atoms with Crippen LogP contribution < -0.4 is 16.7 Å². The molecule has 0 aliphatic heterocycles. The lowest BCUT2D eigenvalue weighted by Crippen LogP contribution is -2.30. The van der Waals surface area contributed by atoms with Gasteiger partial charge in [0, 0.05) is 5.56 Å². The SMILES string of the molecule is Bc1ccc(C(=O)NN)cc1. The number of nitrogens with two attached hydrogens (primary N) is 1. The fourth-order valence-electron chi connectivity index (χ4n) is 0.788. The van der Waals surface area contributed by atoms with Crippen molar-refractivity contribution in [1.82, 2.24) is 5.43 Å². The van der Waals surface area contributed by atoms with Gasteiger partial charge in [-0.3, -0.25) is 10.2 Å². The molecule has 4 heteroatoms. The standard InChI is InChI=1S/C7H9BN2O/c8-6-3-1-5(2-4-6)7(11)10-9/h1-4H,8-9H2,(H,10,11). The maximum atomic E-state index is 10.9. The van der Waals surface area contributed by atoms with Gasteiger partial charge in [0.15, 0.2) is 0 Å². The number of carbonyl (C=O) groups excluding carboxylic acids is 1. The molecule has 1 amide bonds. The van der Waals surface area contributed by atoms with E-state index in [9.17, 15) is 4.79 Å². The number of carbonyl (C=O) groups is 1. The smallest absolute Gasteiger partial charge is 0.265 e. The van der Waals surface area contributed by atoms with Crippen LogP contribution in [0.2, 0.25) is 0 Å². The van der Waals surface area contributed by atoms with Crippen molar-refractivity contribution >= 4 is 19.2 Å². The van der Waals surface area contributed by atoms with Gasteiger partial charge in [0.1, 0.15) is 7.85 Å². The molecule has 1 aromatic rings. The summed E-state index contributed by atoms with van der Waals surface area (Å²) < 4.78 is 0. The maximum absolute atomic E-state index is 10.9. The van der Waals surface area contributed by atoms with Crippen molar-refractivity contribution in [3.05, 3.63) is 29.8 Å². The van der Waals surface area contributed by atoms with Crippen LogP contribution in [0.5, 0.6) is 0 Å². The van der Waals surface area contributed by atoms with Crippen molar-refractivity contribution in [2.45, 2.75) is 0 Å². The molecule has 0 unspecified atom stereocenters. The van der Waals surface area contributed by atoms with Crippen molar-refractivity contribution in [3.63, 3.8) is 0 Å². The molecular formula is C7H9BN2O. The highest BCUT2D eigenvalue weighted by Crippen LogP contribution is 1.94. The van der Waals surface area contributed by atoms with Crippen molar-refractivity contribution in [1.29, 1.82) is 0 Å². The van der Waals surface area contributed by atoms with E-state index in [0.717, 1.165) is 5.46 Å². The molecule has 3 N–H and O–H groups in total. The number of nitrogen functional groups attached to an aromatic ring is 1. The molecule has 0 spiro atoms. The normalized spacial score (nSPS) is 9.18. The van der Waals surface area contributed by atoms with Gasteiger partial charge in [-0.05, 0) is 12.1 Å². The summed E-state index contributed by atoms with van der Waals surface area (Å²) in [5.41, 5.74) is 3.77. The van der Waals surface area contributed by atoms with E-state index in [1.54, 1.807) is 12.1 Å². The summed E-state index contributed by atoms with van der Waals surface area (Å²) in [6.45, 7) is 0. The molecule has 0 aliphatic rings. The van der Waals surface area contributed by atoms with Crippen LogP contribution >= 0.6 is 0 Å². The maximum Gasteiger partial charge on any atom is 0.265 e. The Hall–Kier alpha value is -1.29. The molecule has 0 heterocycles. The Morgan fingerprint density at radius 1 is 1.36 bits per heavy atom. The van der Waals surface area contributed by atoms with Gasteiger partial charge in [-0.25, -0.2) is 5.84 Å². The first-order chi connectivity index (χ1) is 5.24. The van der Waals surface area contributed by atoms with Crippen molar-refractivity contribution in [2.24, 2.45) is 5.84 Å². The number of nitrogens with one attached hydrogen (secondary N) is 1. The van der Waals surface area contributed by atoms with Gasteiger partial charge in [-0.15, -0.1) is 0 Å². The molecular weight excluding hydrogens is 139 g/mol. The van der Waals surface area contributed by atoms with Crippen LogP contribution in [0.15, 0.2) is 24.3 Å². The molecule has 0 radical (unpaired) electrons. The highest BCUT2D eigenvalue weighted by atomic mass is 16.2. The second kappa shape index (κ2) is 3.21. The van der Waals surface area contributed by atoms with E-state index in [2.05, 4.69) is 5.43 Å². The Labute approximate surface area is 66.0 Å². The average Bonchev–Trinajstić information content (AvgIpc) is 2.05. The highest BCUT2D eigenvalue weighted by Gasteiger charge is 1.99. The largest absolute Gasteiger partial charge is 0.290 e. The Bertz CT molecular complexity index is 258. The summed E-state index contributed by atoms with van der Waals surface area (Å²) in [6.07, 6.45) is 0. The average molecular weight is 148 g/mol. The minimum absolute atomic E-state index is 0.259. The van der Waals surface area contributed by atoms with Crippen LogP contribution in [0.25, 0.3) is 0 Å². The van der Waals surface area contributed by atoms with E-state index >= 15 is 0 Å². The first-order valence-corrected chi connectivity index (χ1v) is 3.31. The van der Waals surface area contributed by atoms with Crippen molar-refractivity contribution in [2.75, 3.05) is 0 Å². The third-order valence-corrected chi connectivity index (χ3v) is 1.44. The van der Waals surface area contributed by atoms with Crippen LogP contribution in [-0.2, 0) is 0 Å². The lowest BCUT2D eigenvalue weighted by Gasteiger charge is -1.98. The van der Waals surface area contributed by atoms with E-state index < -0.39 is 0 Å². The number of hydrazine groups is 1. The number of hydrogen-bond acceptors (Lipinski definition) is 2. The molecule has 56 valence electrons. The van der Waals surface area contributed by atoms with E-state index in [-0.39, 0.29) is 5.91 Å². The molecule has 1 rings (SSSR count). The van der Waals surface area contributed by atoms with Crippen LogP contribution in [-0.4, -0.2) is 13.8 Å². The Kier molecular flexibility index (Phi) is 2.28. The Balaban J connectivity index is 2.90. The number of amides is 1. The first kappa shape index (κ1) is 7.82. The molecule has 11 heavy (non-hydrogen) atoms. The second-order valence-electron chi connectivity index (χ2n) is 2.34. The van der Waals surface area contributed by atoms with Crippen LogP contribution in [0.1, 0.15) is 10.4 Å². The molecule has 0 atom stereocenters. The third-order valence-electron chi connectivity index (χ3n) is 1.44. The summed E-state index contributed by atoms with van der Waals surface area (Å²) >= 11 is 0. The lowest BCUT2D eigenvalue weighted by molar-refractivity contribution is 0.0953. The number of hydrogen-bond donors (Lipinski definition) is 2. The summed E-state index contributed by atoms with van der Waals surface area (Å²) in [5.74, 6) is 4.68. The molecule has 0 bridgehead atoms. The Morgan fingerprint density at radius 3 is 2.36 bits per heavy atom. The minimum atomic E-state index is -0.259. The first-order valence-electron chi connectivity index (χ1n) is 3.31. The van der Waals surface area contributed by atoms with Crippen LogP contribution in [0.4, 0.5) is 0 Å². The van der Waals surface area contributed by atoms with E-state index in [4.69, 9.17) is 5.84 Å². The number of benzene rings is 1. The van der Waals surface area contributed by atoms with Crippen LogP contribution in [0.3, 0.4) is 0 Å². The summed E-state index contributed by atoms with van der Waals surface area (Å²) in [7, 11) is 1.96. The molecule has 0 aliphatic carbocycles. The minimum Gasteiger partial charge on any atom is -0.290 e. The molecule has 0 fully saturated rings. The van der Waals surface area contributed by atoms with Gasteiger partial charge >= 0.3 is 0 Å². The summed E-state index contributed by atoms with van der Waals surface area (Å²) in [6, 6.07) is 7.20. The monoisotopic (exact) mass is 148 g/mol. The zero-order valence-corrected chi connectivity index (χ0v) is 6.29. The van der Waals surface area contributed by atoms with Gasteiger partial charge in [-0.1, -0.05) is 17.6 Å². The Morgan fingerprint density at radius 2 is 1.91 bits per heavy atom. The molecule has 0 aromatic heterocycles. The molecule has 0 saturated heterocycles. The van der Waals surface area contributed by atoms with E-state index in [1.165, 1.54) is 0 Å².